The van der Waals surface area contributed by atoms with Crippen LogP contribution in [-0.4, -0.2) is 64.1 Å². The molecular formula is C17H24N3O5S+. The molecule has 1 heterocycles. The van der Waals surface area contributed by atoms with E-state index in [1.807, 2.05) is 30.3 Å². The molecule has 1 aromatic carbocycles. The molecule has 1 aromatic rings. The van der Waals surface area contributed by atoms with Crippen LogP contribution in [0.25, 0.3) is 6.08 Å². The second-order valence-corrected chi connectivity index (χ2v) is 7.67. The first-order chi connectivity index (χ1) is 12.4. The van der Waals surface area contributed by atoms with Crippen LogP contribution in [0.5, 0.6) is 0 Å². The Morgan fingerprint density at radius 1 is 1.23 bits per heavy atom. The van der Waals surface area contributed by atoms with Crippen LogP contribution in [-0.2, 0) is 19.6 Å². The topological polar surface area (TPSA) is 97.2 Å². The number of rotatable bonds is 6. The Balaban J connectivity index is 1.82. The van der Waals surface area contributed by atoms with Gasteiger partial charge in [-0.25, -0.2) is 13.2 Å². The Hall–Kier alpha value is -2.23. The zero-order chi connectivity index (χ0) is 19.0. The lowest BCUT2D eigenvalue weighted by molar-refractivity contribution is -0.895. The Bertz CT molecular complexity index is 741. The smallest absolute Gasteiger partial charge is 0.414 e. The van der Waals surface area contributed by atoms with Crippen LogP contribution in [0.4, 0.5) is 4.79 Å². The van der Waals surface area contributed by atoms with Gasteiger partial charge in [0.05, 0.1) is 32.8 Å². The Labute approximate surface area is 153 Å². The molecule has 0 bridgehead atoms. The highest BCUT2D eigenvalue weighted by atomic mass is 32.2. The molecule has 0 aromatic heterocycles. The summed E-state index contributed by atoms with van der Waals surface area (Å²) in [7, 11) is -3.49. The second-order valence-electron chi connectivity index (χ2n) is 5.85. The van der Waals surface area contributed by atoms with Crippen LogP contribution in [0.1, 0.15) is 12.5 Å². The average molecular weight is 382 g/mol. The summed E-state index contributed by atoms with van der Waals surface area (Å²) in [5.74, 6) is -0.432. The molecular weight excluding hydrogens is 358 g/mol. The third-order valence-corrected chi connectivity index (χ3v) is 5.51. The molecule has 2 N–H and O–H groups in total. The van der Waals surface area contributed by atoms with Gasteiger partial charge in [0, 0.05) is 5.41 Å². The maximum Gasteiger partial charge on any atom is 0.414 e. The van der Waals surface area contributed by atoms with Crippen molar-refractivity contribution in [3.05, 3.63) is 41.3 Å². The van der Waals surface area contributed by atoms with Gasteiger partial charge in [0.2, 0.25) is 10.0 Å². The summed E-state index contributed by atoms with van der Waals surface area (Å²) in [4.78, 5) is 23.9. The number of ether oxygens (including phenoxy) is 1. The summed E-state index contributed by atoms with van der Waals surface area (Å²) >= 11 is 0. The molecule has 142 valence electrons. The van der Waals surface area contributed by atoms with Gasteiger partial charge in [-0.1, -0.05) is 30.3 Å². The number of hydrogen-bond acceptors (Lipinski definition) is 5. The van der Waals surface area contributed by atoms with E-state index < -0.39 is 22.0 Å². The molecule has 0 aliphatic carbocycles. The molecule has 0 saturated carbocycles. The second kappa shape index (κ2) is 9.46. The fourth-order valence-corrected chi connectivity index (χ4v) is 3.79. The Kier molecular flexibility index (Phi) is 7.31. The van der Waals surface area contributed by atoms with Crippen LogP contribution in [0, 0.1) is 0 Å². The van der Waals surface area contributed by atoms with Crippen LogP contribution in [0.15, 0.2) is 35.7 Å². The maximum atomic E-state index is 12.4. The number of carbonyl (C=O) groups is 2. The van der Waals surface area contributed by atoms with Gasteiger partial charge in [-0.3, -0.25) is 10.1 Å². The summed E-state index contributed by atoms with van der Waals surface area (Å²) in [6.45, 7) is 3.59. The quantitative estimate of drug-likeness (QED) is 0.689. The Morgan fingerprint density at radius 3 is 2.50 bits per heavy atom. The van der Waals surface area contributed by atoms with E-state index in [0.717, 1.165) is 10.5 Å². The van der Waals surface area contributed by atoms with E-state index in [1.165, 1.54) is 9.71 Å². The zero-order valence-electron chi connectivity index (χ0n) is 14.7. The van der Waals surface area contributed by atoms with Crippen molar-refractivity contribution in [1.82, 2.24) is 9.62 Å². The molecule has 2 rings (SSSR count). The van der Waals surface area contributed by atoms with Crippen molar-refractivity contribution >= 4 is 28.1 Å². The van der Waals surface area contributed by atoms with Crippen molar-refractivity contribution in [2.75, 3.05) is 39.3 Å². The number of sulfonamides is 1. The van der Waals surface area contributed by atoms with Gasteiger partial charge in [0.1, 0.15) is 0 Å². The molecule has 26 heavy (non-hydrogen) atoms. The minimum atomic E-state index is -3.49. The van der Waals surface area contributed by atoms with Gasteiger partial charge in [-0.15, -0.1) is 0 Å². The van der Waals surface area contributed by atoms with Crippen molar-refractivity contribution in [1.29, 1.82) is 0 Å². The van der Waals surface area contributed by atoms with Gasteiger partial charge in [0.25, 0.3) is 5.91 Å². The SMILES string of the molecule is CCOC(=O)NC(=O)C[NH+]1CCN(S(=O)(=O)/C=C/c2ccccc2)CC1. The van der Waals surface area contributed by atoms with Crippen molar-refractivity contribution in [2.45, 2.75) is 6.92 Å². The average Bonchev–Trinajstić information content (AvgIpc) is 2.61. The maximum absolute atomic E-state index is 12.4. The first-order valence-corrected chi connectivity index (χ1v) is 9.94. The lowest BCUT2D eigenvalue weighted by atomic mass is 10.2. The monoisotopic (exact) mass is 382 g/mol. The van der Waals surface area contributed by atoms with Crippen molar-refractivity contribution in [3.63, 3.8) is 0 Å². The molecule has 1 fully saturated rings. The molecule has 1 aliphatic heterocycles. The van der Waals surface area contributed by atoms with Gasteiger partial charge >= 0.3 is 6.09 Å². The number of hydrogen-bond donors (Lipinski definition) is 2. The number of imide groups is 1. The van der Waals surface area contributed by atoms with Gasteiger partial charge < -0.3 is 9.64 Å². The summed E-state index contributed by atoms with van der Waals surface area (Å²) in [6.07, 6.45) is 0.811. The first kappa shape index (κ1) is 20.1. The summed E-state index contributed by atoms with van der Waals surface area (Å²) in [6, 6.07) is 9.21. The molecule has 1 aliphatic rings. The standard InChI is InChI=1S/C17H23N3O5S/c1-2-25-17(22)18-16(21)14-19-9-11-20(12-10-19)26(23,24)13-8-15-6-4-3-5-7-15/h3-8,13H,2,9-12,14H2,1H3,(H,18,21,22)/p+1/b13-8+. The van der Waals surface area contributed by atoms with Crippen LogP contribution in [0.3, 0.4) is 0 Å². The molecule has 1 saturated heterocycles. The minimum Gasteiger partial charge on any atom is -0.450 e. The van der Waals surface area contributed by atoms with Crippen molar-refractivity contribution < 1.29 is 27.6 Å². The van der Waals surface area contributed by atoms with E-state index in [4.69, 9.17) is 0 Å². The molecule has 0 atom stereocenters. The van der Waals surface area contributed by atoms with Crippen LogP contribution < -0.4 is 10.2 Å². The highest BCUT2D eigenvalue weighted by molar-refractivity contribution is 7.92. The molecule has 0 unspecified atom stereocenters. The van der Waals surface area contributed by atoms with E-state index >= 15 is 0 Å². The number of piperazine rings is 1. The van der Waals surface area contributed by atoms with E-state index in [-0.39, 0.29) is 13.2 Å². The van der Waals surface area contributed by atoms with E-state index in [9.17, 15) is 18.0 Å². The van der Waals surface area contributed by atoms with Gasteiger partial charge in [-0.05, 0) is 18.6 Å². The largest absolute Gasteiger partial charge is 0.450 e. The molecule has 8 nitrogen and oxygen atoms in total. The lowest BCUT2D eigenvalue weighted by Gasteiger charge is -2.30. The summed E-state index contributed by atoms with van der Waals surface area (Å²) < 4.78 is 30.8. The molecule has 2 amide bonds. The summed E-state index contributed by atoms with van der Waals surface area (Å²) in [5.41, 5.74) is 0.816. The van der Waals surface area contributed by atoms with E-state index in [2.05, 4.69) is 10.1 Å². The number of nitrogens with one attached hydrogen (secondary N) is 2. The van der Waals surface area contributed by atoms with E-state index in [1.54, 1.807) is 13.0 Å². The number of alkyl carbamates (subject to hydrolysis) is 1. The molecule has 9 heteroatoms. The number of benzene rings is 1. The molecule has 0 radical (unpaired) electrons. The number of quaternary nitrogens is 1. The third kappa shape index (κ3) is 6.25. The minimum absolute atomic E-state index is 0.104. The number of carbonyl (C=O) groups excluding carboxylic acids is 2. The lowest BCUT2D eigenvalue weighted by Crippen LogP contribution is -3.15. The van der Waals surface area contributed by atoms with Gasteiger partial charge in [-0.2, -0.15) is 4.31 Å². The number of nitrogens with zero attached hydrogens (tertiary/aromatic N) is 1. The van der Waals surface area contributed by atoms with Crippen LogP contribution >= 0.6 is 0 Å². The molecule has 0 spiro atoms. The predicted molar refractivity (Wildman–Crippen MR) is 96.7 cm³/mol. The van der Waals surface area contributed by atoms with Gasteiger partial charge in [0.15, 0.2) is 6.54 Å². The fraction of sp³-hybridized carbons (Fsp3) is 0.412. The highest BCUT2D eigenvalue weighted by Crippen LogP contribution is 2.08. The summed E-state index contributed by atoms with van der Waals surface area (Å²) in [5, 5.41) is 3.35. The highest BCUT2D eigenvalue weighted by Gasteiger charge is 2.28. The number of amides is 2. The normalized spacial score (nSPS) is 16.5. The van der Waals surface area contributed by atoms with Crippen molar-refractivity contribution in [2.24, 2.45) is 0 Å². The fourth-order valence-electron chi connectivity index (χ4n) is 2.60. The predicted octanol–water partition coefficient (Wildman–Crippen LogP) is -0.540. The zero-order valence-corrected chi connectivity index (χ0v) is 15.5. The third-order valence-electron chi connectivity index (χ3n) is 3.95. The van der Waals surface area contributed by atoms with E-state index in [0.29, 0.717) is 26.2 Å². The Morgan fingerprint density at radius 2 is 1.88 bits per heavy atom. The first-order valence-electron chi connectivity index (χ1n) is 8.44. The van der Waals surface area contributed by atoms with Crippen molar-refractivity contribution in [3.8, 4) is 0 Å². The van der Waals surface area contributed by atoms with Crippen LogP contribution in [0.2, 0.25) is 0 Å².